The SMILES string of the molecule is CN(Cc1ccc(I)nc1)C(=N)C=NO. The third kappa shape index (κ3) is 3.82. The first-order valence-corrected chi connectivity index (χ1v) is 5.29. The molecule has 0 aliphatic carbocycles. The minimum Gasteiger partial charge on any atom is -0.411 e. The molecular weight excluding hydrogens is 307 g/mol. The second-order valence-electron chi connectivity index (χ2n) is 2.98. The molecular formula is C9H11IN4O. The quantitative estimate of drug-likeness (QED) is 0.222. The first-order chi connectivity index (χ1) is 7.13. The number of amidine groups is 1. The Kier molecular flexibility index (Phi) is 4.47. The van der Waals surface area contributed by atoms with Crippen LogP contribution < -0.4 is 0 Å². The first-order valence-electron chi connectivity index (χ1n) is 4.21. The molecule has 0 aliphatic heterocycles. The van der Waals surface area contributed by atoms with Crippen LogP contribution in [0.5, 0.6) is 0 Å². The van der Waals surface area contributed by atoms with Crippen molar-refractivity contribution in [2.45, 2.75) is 6.54 Å². The van der Waals surface area contributed by atoms with Crippen molar-refractivity contribution < 1.29 is 5.21 Å². The predicted octanol–water partition coefficient (Wildman–Crippen LogP) is 1.56. The highest BCUT2D eigenvalue weighted by atomic mass is 127. The summed E-state index contributed by atoms with van der Waals surface area (Å²) in [4.78, 5) is 5.80. The minimum absolute atomic E-state index is 0.149. The molecule has 1 rings (SSSR count). The maximum atomic E-state index is 8.28. The first kappa shape index (κ1) is 11.9. The summed E-state index contributed by atoms with van der Waals surface area (Å²) >= 11 is 2.14. The fourth-order valence-electron chi connectivity index (χ4n) is 1.01. The molecule has 0 amide bonds. The Balaban J connectivity index is 2.62. The molecule has 5 nitrogen and oxygen atoms in total. The Morgan fingerprint density at radius 3 is 3.00 bits per heavy atom. The van der Waals surface area contributed by atoms with Crippen molar-refractivity contribution in [1.29, 1.82) is 5.41 Å². The molecule has 1 aromatic heterocycles. The number of aromatic nitrogens is 1. The van der Waals surface area contributed by atoms with Gasteiger partial charge in [0.05, 0.1) is 0 Å². The lowest BCUT2D eigenvalue weighted by Gasteiger charge is -2.16. The van der Waals surface area contributed by atoms with E-state index in [0.29, 0.717) is 6.54 Å². The van der Waals surface area contributed by atoms with Crippen LogP contribution in [0.15, 0.2) is 23.5 Å². The summed E-state index contributed by atoms with van der Waals surface area (Å²) in [6.07, 6.45) is 2.85. The number of oxime groups is 1. The Labute approximate surface area is 101 Å². The lowest BCUT2D eigenvalue weighted by atomic mass is 10.3. The Bertz CT molecular complexity index is 363. The Hall–Kier alpha value is -1.18. The van der Waals surface area contributed by atoms with Crippen LogP contribution in [0.25, 0.3) is 0 Å². The number of nitrogens with one attached hydrogen (secondary N) is 1. The molecule has 80 valence electrons. The van der Waals surface area contributed by atoms with Gasteiger partial charge in [-0.25, -0.2) is 4.98 Å². The van der Waals surface area contributed by atoms with Crippen LogP contribution in [0, 0.1) is 9.11 Å². The molecule has 15 heavy (non-hydrogen) atoms. The Morgan fingerprint density at radius 1 is 1.73 bits per heavy atom. The summed E-state index contributed by atoms with van der Waals surface area (Å²) in [7, 11) is 1.75. The van der Waals surface area contributed by atoms with E-state index in [1.807, 2.05) is 12.1 Å². The molecule has 2 N–H and O–H groups in total. The normalized spacial score (nSPS) is 10.5. The van der Waals surface area contributed by atoms with E-state index in [2.05, 4.69) is 32.7 Å². The molecule has 0 saturated heterocycles. The van der Waals surface area contributed by atoms with Gasteiger partial charge in [-0.2, -0.15) is 0 Å². The van der Waals surface area contributed by atoms with Crippen molar-refractivity contribution in [2.75, 3.05) is 7.05 Å². The van der Waals surface area contributed by atoms with Crippen molar-refractivity contribution >= 4 is 34.6 Å². The lowest BCUT2D eigenvalue weighted by molar-refractivity contribution is 0.321. The molecule has 1 aromatic rings. The van der Waals surface area contributed by atoms with Gasteiger partial charge >= 0.3 is 0 Å². The summed E-state index contributed by atoms with van der Waals surface area (Å²) < 4.78 is 0.936. The third-order valence-electron chi connectivity index (χ3n) is 1.80. The average molecular weight is 318 g/mol. The molecule has 0 fully saturated rings. The van der Waals surface area contributed by atoms with Crippen molar-refractivity contribution in [2.24, 2.45) is 5.16 Å². The Morgan fingerprint density at radius 2 is 2.47 bits per heavy atom. The monoisotopic (exact) mass is 318 g/mol. The van der Waals surface area contributed by atoms with Crippen LogP contribution in [-0.2, 0) is 6.54 Å². The smallest absolute Gasteiger partial charge is 0.142 e. The molecule has 0 spiro atoms. The summed E-state index contributed by atoms with van der Waals surface area (Å²) in [6, 6.07) is 3.86. The van der Waals surface area contributed by atoms with Gasteiger partial charge in [0.1, 0.15) is 15.8 Å². The number of nitrogens with zero attached hydrogens (tertiary/aromatic N) is 3. The van der Waals surface area contributed by atoms with E-state index >= 15 is 0 Å². The summed E-state index contributed by atoms with van der Waals surface area (Å²) in [6.45, 7) is 0.564. The molecule has 0 unspecified atom stereocenters. The maximum Gasteiger partial charge on any atom is 0.142 e. The summed E-state index contributed by atoms with van der Waals surface area (Å²) in [5, 5.41) is 18.6. The number of hydrogen-bond donors (Lipinski definition) is 2. The number of hydrogen-bond acceptors (Lipinski definition) is 4. The largest absolute Gasteiger partial charge is 0.411 e. The van der Waals surface area contributed by atoms with Crippen molar-refractivity contribution in [3.05, 3.63) is 27.6 Å². The van der Waals surface area contributed by atoms with E-state index in [0.717, 1.165) is 15.5 Å². The van der Waals surface area contributed by atoms with E-state index in [4.69, 9.17) is 10.6 Å². The van der Waals surface area contributed by atoms with Gasteiger partial charge < -0.3 is 10.1 Å². The van der Waals surface area contributed by atoms with Gasteiger partial charge in [-0.05, 0) is 34.2 Å². The van der Waals surface area contributed by atoms with Crippen LogP contribution in [0.2, 0.25) is 0 Å². The van der Waals surface area contributed by atoms with E-state index in [1.165, 1.54) is 0 Å². The maximum absolute atomic E-state index is 8.28. The number of pyridine rings is 1. The van der Waals surface area contributed by atoms with Crippen molar-refractivity contribution in [3.63, 3.8) is 0 Å². The van der Waals surface area contributed by atoms with E-state index in [9.17, 15) is 0 Å². The summed E-state index contributed by atoms with van der Waals surface area (Å²) in [5.41, 5.74) is 1.01. The third-order valence-corrected chi connectivity index (χ3v) is 2.44. The molecule has 0 radical (unpaired) electrons. The molecule has 6 heteroatoms. The number of halogens is 1. The van der Waals surface area contributed by atoms with Crippen LogP contribution >= 0.6 is 22.6 Å². The highest BCUT2D eigenvalue weighted by Gasteiger charge is 2.03. The fraction of sp³-hybridized carbons (Fsp3) is 0.222. The van der Waals surface area contributed by atoms with Gasteiger partial charge in [-0.1, -0.05) is 11.2 Å². The molecule has 0 aromatic carbocycles. The second-order valence-corrected chi connectivity index (χ2v) is 4.08. The highest BCUT2D eigenvalue weighted by Crippen LogP contribution is 2.05. The number of rotatable bonds is 3. The van der Waals surface area contributed by atoms with E-state index < -0.39 is 0 Å². The van der Waals surface area contributed by atoms with Gasteiger partial charge in [-0.15, -0.1) is 0 Å². The summed E-state index contributed by atoms with van der Waals surface area (Å²) in [5.74, 6) is 0.149. The van der Waals surface area contributed by atoms with Crippen LogP contribution in [0.1, 0.15) is 5.56 Å². The average Bonchev–Trinajstić information content (AvgIpc) is 2.22. The lowest BCUT2D eigenvalue weighted by Crippen LogP contribution is -2.26. The molecule has 0 bridgehead atoms. The topological polar surface area (TPSA) is 72.6 Å². The molecule has 0 saturated carbocycles. The molecule has 0 aliphatic rings. The van der Waals surface area contributed by atoms with Crippen molar-refractivity contribution in [1.82, 2.24) is 9.88 Å². The zero-order chi connectivity index (χ0) is 11.3. The van der Waals surface area contributed by atoms with Crippen LogP contribution in [0.4, 0.5) is 0 Å². The van der Waals surface area contributed by atoms with E-state index in [1.54, 1.807) is 18.1 Å². The molecule has 1 heterocycles. The van der Waals surface area contributed by atoms with Gasteiger partial charge in [-0.3, -0.25) is 5.41 Å². The van der Waals surface area contributed by atoms with Gasteiger partial charge in [0.15, 0.2) is 0 Å². The van der Waals surface area contributed by atoms with Gasteiger partial charge in [0.25, 0.3) is 0 Å². The zero-order valence-electron chi connectivity index (χ0n) is 8.18. The van der Waals surface area contributed by atoms with Crippen molar-refractivity contribution in [3.8, 4) is 0 Å². The highest BCUT2D eigenvalue weighted by molar-refractivity contribution is 14.1. The fourth-order valence-corrected chi connectivity index (χ4v) is 1.33. The second kappa shape index (κ2) is 5.64. The minimum atomic E-state index is 0.149. The predicted molar refractivity (Wildman–Crippen MR) is 66.4 cm³/mol. The van der Waals surface area contributed by atoms with Crippen LogP contribution in [0.3, 0.4) is 0 Å². The van der Waals surface area contributed by atoms with Crippen LogP contribution in [-0.4, -0.2) is 34.2 Å². The standard InChI is InChI=1S/C9H11IN4O/c1-14(9(11)5-13-15)6-7-2-3-8(10)12-4-7/h2-5,11,15H,6H2,1H3. The zero-order valence-corrected chi connectivity index (χ0v) is 10.3. The molecule has 0 atom stereocenters. The van der Waals surface area contributed by atoms with E-state index in [-0.39, 0.29) is 5.84 Å². The van der Waals surface area contributed by atoms with Gasteiger partial charge in [0.2, 0.25) is 0 Å². The van der Waals surface area contributed by atoms with Gasteiger partial charge in [0, 0.05) is 19.8 Å².